The fourth-order valence-corrected chi connectivity index (χ4v) is 2.75. The Morgan fingerprint density at radius 1 is 1.33 bits per heavy atom. The number of likely N-dealkylation sites (N-methyl/N-ethyl adjacent to an activating group) is 1. The molecule has 1 heterocycles. The molecule has 0 radical (unpaired) electrons. The second-order valence-electron chi connectivity index (χ2n) is 4.84. The summed E-state index contributed by atoms with van der Waals surface area (Å²) in [5, 5.41) is 1.28. The first-order chi connectivity index (χ1) is 8.61. The third-order valence-electron chi connectivity index (χ3n) is 3.48. The van der Waals surface area contributed by atoms with Crippen LogP contribution in [0, 0.1) is 0 Å². The molecule has 0 aliphatic carbocycles. The molecule has 1 fully saturated rings. The minimum Gasteiger partial charge on any atom is -0.329 e. The van der Waals surface area contributed by atoms with E-state index < -0.39 is 0 Å². The Labute approximate surface area is 118 Å². The molecule has 1 aliphatic rings. The van der Waals surface area contributed by atoms with Gasteiger partial charge in [-0.15, -0.1) is 0 Å². The first-order valence-corrected chi connectivity index (χ1v) is 6.93. The van der Waals surface area contributed by atoms with E-state index >= 15 is 0 Å². The number of benzene rings is 1. The minimum atomic E-state index is 0.388. The first-order valence-electron chi connectivity index (χ1n) is 6.17. The highest BCUT2D eigenvalue weighted by atomic mass is 35.5. The molecule has 0 saturated carbocycles. The van der Waals surface area contributed by atoms with Crippen LogP contribution in [0.3, 0.4) is 0 Å². The maximum atomic E-state index is 6.23. The van der Waals surface area contributed by atoms with E-state index in [1.54, 1.807) is 0 Å². The lowest BCUT2D eigenvalue weighted by Gasteiger charge is -2.39. The van der Waals surface area contributed by atoms with Gasteiger partial charge in [0.15, 0.2) is 0 Å². The van der Waals surface area contributed by atoms with Gasteiger partial charge in [0, 0.05) is 38.8 Å². The summed E-state index contributed by atoms with van der Waals surface area (Å²) < 4.78 is 0. The van der Waals surface area contributed by atoms with Crippen LogP contribution in [0.1, 0.15) is 5.56 Å². The molecule has 0 bridgehead atoms. The van der Waals surface area contributed by atoms with E-state index in [2.05, 4.69) is 16.8 Å². The lowest BCUT2D eigenvalue weighted by atomic mass is 10.1. The van der Waals surface area contributed by atoms with Crippen LogP contribution >= 0.6 is 23.2 Å². The van der Waals surface area contributed by atoms with Crippen molar-refractivity contribution in [1.82, 2.24) is 9.80 Å². The predicted molar refractivity (Wildman–Crippen MR) is 77.2 cm³/mol. The normalized spacial score (nSPS) is 22.3. The van der Waals surface area contributed by atoms with Crippen LogP contribution in [-0.4, -0.2) is 49.1 Å². The van der Waals surface area contributed by atoms with Gasteiger partial charge >= 0.3 is 0 Å². The van der Waals surface area contributed by atoms with Gasteiger partial charge in [0.2, 0.25) is 0 Å². The zero-order valence-corrected chi connectivity index (χ0v) is 12.1. The van der Waals surface area contributed by atoms with Gasteiger partial charge in [-0.1, -0.05) is 35.3 Å². The Bertz CT molecular complexity index is 411. The summed E-state index contributed by atoms with van der Waals surface area (Å²) in [6, 6.07) is 6.17. The van der Waals surface area contributed by atoms with E-state index in [-0.39, 0.29) is 0 Å². The number of piperazine rings is 1. The number of hydrogen-bond donors (Lipinski definition) is 1. The number of hydrogen-bond acceptors (Lipinski definition) is 3. The molecule has 18 heavy (non-hydrogen) atoms. The van der Waals surface area contributed by atoms with Gasteiger partial charge in [0.05, 0.1) is 10.0 Å². The Kier molecular flexibility index (Phi) is 4.87. The average molecular weight is 288 g/mol. The summed E-state index contributed by atoms with van der Waals surface area (Å²) in [6.45, 7) is 4.57. The topological polar surface area (TPSA) is 32.5 Å². The van der Waals surface area contributed by atoms with Crippen molar-refractivity contribution in [1.29, 1.82) is 0 Å². The summed E-state index contributed by atoms with van der Waals surface area (Å²) in [4.78, 5) is 4.70. The number of rotatable bonds is 3. The lowest BCUT2D eigenvalue weighted by Crippen LogP contribution is -2.54. The molecule has 1 unspecified atom stereocenters. The highest BCUT2D eigenvalue weighted by molar-refractivity contribution is 6.42. The maximum Gasteiger partial charge on any atom is 0.0637 e. The molecule has 2 rings (SSSR count). The van der Waals surface area contributed by atoms with Gasteiger partial charge < -0.3 is 10.6 Å². The Morgan fingerprint density at radius 3 is 2.83 bits per heavy atom. The molecule has 0 spiro atoms. The van der Waals surface area contributed by atoms with Crippen LogP contribution in [0.5, 0.6) is 0 Å². The molecule has 1 aliphatic heterocycles. The minimum absolute atomic E-state index is 0.388. The smallest absolute Gasteiger partial charge is 0.0637 e. The summed E-state index contributed by atoms with van der Waals surface area (Å²) in [6.07, 6.45) is 0. The van der Waals surface area contributed by atoms with Crippen molar-refractivity contribution in [3.8, 4) is 0 Å². The number of nitrogens with zero attached hydrogens (tertiary/aromatic N) is 2. The molecule has 100 valence electrons. The fourth-order valence-electron chi connectivity index (χ4n) is 2.37. The second kappa shape index (κ2) is 6.22. The van der Waals surface area contributed by atoms with Crippen molar-refractivity contribution in [3.63, 3.8) is 0 Å². The number of halogens is 2. The van der Waals surface area contributed by atoms with Crippen LogP contribution < -0.4 is 5.73 Å². The summed E-state index contributed by atoms with van der Waals surface area (Å²) >= 11 is 12.3. The van der Waals surface area contributed by atoms with Crippen LogP contribution in [0.15, 0.2) is 18.2 Å². The van der Waals surface area contributed by atoms with Crippen LogP contribution in [0.25, 0.3) is 0 Å². The molecular formula is C13H19Cl2N3. The van der Waals surface area contributed by atoms with E-state index in [0.29, 0.717) is 22.6 Å². The van der Waals surface area contributed by atoms with Gasteiger partial charge in [-0.2, -0.15) is 0 Å². The first kappa shape index (κ1) is 14.1. The molecule has 2 N–H and O–H groups in total. The Morgan fingerprint density at radius 2 is 2.11 bits per heavy atom. The van der Waals surface area contributed by atoms with Crippen molar-refractivity contribution in [2.75, 3.05) is 33.2 Å². The predicted octanol–water partition coefficient (Wildman–Crippen LogP) is 2.07. The van der Waals surface area contributed by atoms with Gasteiger partial charge in [-0.3, -0.25) is 4.90 Å². The molecule has 3 nitrogen and oxygen atoms in total. The largest absolute Gasteiger partial charge is 0.329 e. The lowest BCUT2D eigenvalue weighted by molar-refractivity contribution is 0.0881. The monoisotopic (exact) mass is 287 g/mol. The van der Waals surface area contributed by atoms with Gasteiger partial charge in [0.1, 0.15) is 0 Å². The quantitative estimate of drug-likeness (QED) is 0.924. The second-order valence-corrected chi connectivity index (χ2v) is 5.62. The van der Waals surface area contributed by atoms with Gasteiger partial charge in [0.25, 0.3) is 0 Å². The molecule has 5 heteroatoms. The van der Waals surface area contributed by atoms with Gasteiger partial charge in [-0.25, -0.2) is 0 Å². The molecule has 1 atom stereocenters. The Balaban J connectivity index is 2.10. The molecular weight excluding hydrogens is 269 g/mol. The van der Waals surface area contributed by atoms with E-state index in [9.17, 15) is 0 Å². The molecule has 1 aromatic carbocycles. The van der Waals surface area contributed by atoms with E-state index in [0.717, 1.165) is 31.7 Å². The zero-order valence-electron chi connectivity index (χ0n) is 10.6. The van der Waals surface area contributed by atoms with Gasteiger partial charge in [-0.05, 0) is 18.7 Å². The highest BCUT2D eigenvalue weighted by Crippen LogP contribution is 2.27. The molecule has 1 aromatic rings. The van der Waals surface area contributed by atoms with Crippen LogP contribution in [-0.2, 0) is 6.54 Å². The fraction of sp³-hybridized carbons (Fsp3) is 0.538. The zero-order chi connectivity index (χ0) is 13.1. The molecule has 1 saturated heterocycles. The summed E-state index contributed by atoms with van der Waals surface area (Å²) in [5.74, 6) is 0. The van der Waals surface area contributed by atoms with Crippen molar-refractivity contribution in [2.45, 2.75) is 12.6 Å². The third-order valence-corrected chi connectivity index (χ3v) is 4.34. The van der Waals surface area contributed by atoms with E-state index in [4.69, 9.17) is 28.9 Å². The standard InChI is InChI=1S/C13H19Cl2N3/c1-17-5-6-18(11(7-16)9-17)8-10-3-2-4-12(14)13(10)15/h2-4,11H,5-9,16H2,1H3. The highest BCUT2D eigenvalue weighted by Gasteiger charge is 2.24. The number of nitrogens with two attached hydrogens (primary N) is 1. The summed E-state index contributed by atoms with van der Waals surface area (Å²) in [5.41, 5.74) is 6.93. The SMILES string of the molecule is CN1CCN(Cc2cccc(Cl)c2Cl)C(CN)C1. The van der Waals surface area contributed by atoms with E-state index in [1.165, 1.54) is 0 Å². The van der Waals surface area contributed by atoms with Crippen molar-refractivity contribution >= 4 is 23.2 Å². The van der Waals surface area contributed by atoms with Crippen LogP contribution in [0.2, 0.25) is 10.0 Å². The van der Waals surface area contributed by atoms with Crippen molar-refractivity contribution < 1.29 is 0 Å². The van der Waals surface area contributed by atoms with E-state index in [1.807, 2.05) is 18.2 Å². The summed E-state index contributed by atoms with van der Waals surface area (Å²) in [7, 11) is 2.13. The van der Waals surface area contributed by atoms with Crippen molar-refractivity contribution in [2.24, 2.45) is 5.73 Å². The maximum absolute atomic E-state index is 6.23. The van der Waals surface area contributed by atoms with Crippen molar-refractivity contribution in [3.05, 3.63) is 33.8 Å². The molecule has 0 amide bonds. The Hall–Kier alpha value is -0.320. The average Bonchev–Trinajstić information content (AvgIpc) is 2.37. The molecule has 0 aromatic heterocycles. The van der Waals surface area contributed by atoms with Crippen LogP contribution in [0.4, 0.5) is 0 Å². The third kappa shape index (κ3) is 3.16.